The van der Waals surface area contributed by atoms with Crippen LogP contribution in [-0.4, -0.2) is 53.6 Å². The first-order valence-corrected chi connectivity index (χ1v) is 10.0. The summed E-state index contributed by atoms with van der Waals surface area (Å²) in [5.41, 5.74) is 0.229. The number of aromatic nitrogens is 2. The molecule has 1 aliphatic rings. The molecule has 3 rings (SSSR count). The van der Waals surface area contributed by atoms with Gasteiger partial charge < -0.3 is 4.90 Å². The SMILES string of the molecule is CCc1nn(C)c(N2CCN(S(=O)(=O)c3c(F)cccc3F)CC2)c1[N+](=O)[O-]. The number of nitro groups is 1. The Bertz CT molecular complexity index is 996. The van der Waals surface area contributed by atoms with Crippen molar-refractivity contribution in [3.8, 4) is 0 Å². The summed E-state index contributed by atoms with van der Waals surface area (Å²) < 4.78 is 55.6. The van der Waals surface area contributed by atoms with Gasteiger partial charge in [0.05, 0.1) is 4.92 Å². The van der Waals surface area contributed by atoms with Gasteiger partial charge in [0.15, 0.2) is 4.90 Å². The Balaban J connectivity index is 1.86. The molecular formula is C16H19F2N5O4S. The highest BCUT2D eigenvalue weighted by Gasteiger charge is 2.36. The van der Waals surface area contributed by atoms with Crippen LogP contribution in [0.1, 0.15) is 12.6 Å². The van der Waals surface area contributed by atoms with E-state index in [1.165, 1.54) is 4.68 Å². The van der Waals surface area contributed by atoms with Crippen LogP contribution >= 0.6 is 0 Å². The number of hydrogen-bond acceptors (Lipinski definition) is 6. The largest absolute Gasteiger partial charge is 0.348 e. The van der Waals surface area contributed by atoms with Crippen molar-refractivity contribution >= 4 is 21.5 Å². The van der Waals surface area contributed by atoms with Crippen LogP contribution in [0.2, 0.25) is 0 Å². The van der Waals surface area contributed by atoms with E-state index in [0.717, 1.165) is 22.5 Å². The van der Waals surface area contributed by atoms with E-state index < -0.39 is 31.5 Å². The fraction of sp³-hybridized carbons (Fsp3) is 0.438. The Kier molecular flexibility index (Phi) is 5.35. The van der Waals surface area contributed by atoms with Gasteiger partial charge in [0.25, 0.3) is 0 Å². The molecule has 1 aromatic carbocycles. The number of aryl methyl sites for hydroxylation is 2. The van der Waals surface area contributed by atoms with Crippen molar-refractivity contribution < 1.29 is 22.1 Å². The molecule has 0 saturated carbocycles. The van der Waals surface area contributed by atoms with Crippen LogP contribution in [0.4, 0.5) is 20.3 Å². The third-order valence-corrected chi connectivity index (χ3v) is 6.59. The van der Waals surface area contributed by atoms with Crippen molar-refractivity contribution in [3.63, 3.8) is 0 Å². The maximum atomic E-state index is 13.9. The summed E-state index contributed by atoms with van der Waals surface area (Å²) in [7, 11) is -2.78. The summed E-state index contributed by atoms with van der Waals surface area (Å²) >= 11 is 0. The minimum Gasteiger partial charge on any atom is -0.348 e. The molecule has 1 saturated heterocycles. The molecule has 2 heterocycles. The highest BCUT2D eigenvalue weighted by molar-refractivity contribution is 7.89. The lowest BCUT2D eigenvalue weighted by Gasteiger charge is -2.34. The second kappa shape index (κ2) is 7.43. The number of nitrogens with zero attached hydrogens (tertiary/aromatic N) is 5. The number of benzene rings is 1. The molecule has 0 spiro atoms. The molecule has 152 valence electrons. The zero-order valence-electron chi connectivity index (χ0n) is 15.3. The maximum absolute atomic E-state index is 13.9. The minimum atomic E-state index is -4.36. The lowest BCUT2D eigenvalue weighted by Crippen LogP contribution is -2.49. The van der Waals surface area contributed by atoms with Crippen LogP contribution in [0, 0.1) is 21.7 Å². The van der Waals surface area contributed by atoms with E-state index >= 15 is 0 Å². The molecule has 1 fully saturated rings. The van der Waals surface area contributed by atoms with E-state index in [1.807, 2.05) is 0 Å². The number of hydrogen-bond donors (Lipinski definition) is 0. The van der Waals surface area contributed by atoms with Crippen molar-refractivity contribution in [2.24, 2.45) is 7.05 Å². The molecule has 28 heavy (non-hydrogen) atoms. The van der Waals surface area contributed by atoms with Crippen molar-refractivity contribution in [2.45, 2.75) is 18.2 Å². The molecule has 0 bridgehead atoms. The normalized spacial score (nSPS) is 15.8. The van der Waals surface area contributed by atoms with Gasteiger partial charge in [-0.3, -0.25) is 10.1 Å². The predicted molar refractivity (Wildman–Crippen MR) is 96.6 cm³/mol. The van der Waals surface area contributed by atoms with Gasteiger partial charge in [0, 0.05) is 33.2 Å². The quantitative estimate of drug-likeness (QED) is 0.544. The second-order valence-electron chi connectivity index (χ2n) is 6.30. The van der Waals surface area contributed by atoms with Gasteiger partial charge in [-0.15, -0.1) is 0 Å². The lowest BCUT2D eigenvalue weighted by molar-refractivity contribution is -0.384. The number of anilines is 1. The number of sulfonamides is 1. The van der Waals surface area contributed by atoms with E-state index in [4.69, 9.17) is 0 Å². The highest BCUT2D eigenvalue weighted by Crippen LogP contribution is 2.33. The van der Waals surface area contributed by atoms with E-state index in [-0.39, 0.29) is 37.7 Å². The molecule has 0 amide bonds. The third kappa shape index (κ3) is 3.33. The number of rotatable bonds is 5. The standard InChI is InChI=1S/C16H19F2N5O4S/c1-3-13-14(23(24)25)16(20(2)19-13)21-7-9-22(10-8-21)28(26,27)15-11(17)5-4-6-12(15)18/h4-6H,3,7-10H2,1-2H3. The third-order valence-electron chi connectivity index (χ3n) is 4.63. The van der Waals surface area contributed by atoms with Gasteiger partial charge in [-0.25, -0.2) is 21.9 Å². The van der Waals surface area contributed by atoms with Crippen molar-refractivity contribution in [3.05, 3.63) is 45.6 Å². The van der Waals surface area contributed by atoms with Crippen molar-refractivity contribution in [2.75, 3.05) is 31.1 Å². The van der Waals surface area contributed by atoms with E-state index in [0.29, 0.717) is 12.1 Å². The summed E-state index contributed by atoms with van der Waals surface area (Å²) in [4.78, 5) is 11.7. The predicted octanol–water partition coefficient (Wildman–Crippen LogP) is 1.68. The van der Waals surface area contributed by atoms with Crippen LogP contribution in [-0.2, 0) is 23.5 Å². The second-order valence-corrected chi connectivity index (χ2v) is 8.17. The first kappa shape index (κ1) is 20.1. The highest BCUT2D eigenvalue weighted by atomic mass is 32.2. The van der Waals surface area contributed by atoms with Gasteiger partial charge >= 0.3 is 5.69 Å². The molecule has 1 aromatic heterocycles. The van der Waals surface area contributed by atoms with Crippen LogP contribution in [0.15, 0.2) is 23.1 Å². The van der Waals surface area contributed by atoms with E-state index in [9.17, 15) is 27.3 Å². The van der Waals surface area contributed by atoms with Gasteiger partial charge in [-0.05, 0) is 18.6 Å². The zero-order chi connectivity index (χ0) is 20.6. The van der Waals surface area contributed by atoms with Crippen LogP contribution in [0.3, 0.4) is 0 Å². The Morgan fingerprint density at radius 3 is 2.25 bits per heavy atom. The smallest absolute Gasteiger partial charge is 0.334 e. The monoisotopic (exact) mass is 415 g/mol. The minimum absolute atomic E-state index is 0.0695. The first-order chi connectivity index (χ1) is 13.2. The zero-order valence-corrected chi connectivity index (χ0v) is 16.1. The summed E-state index contributed by atoms with van der Waals surface area (Å²) in [5, 5.41) is 15.6. The molecular weight excluding hydrogens is 396 g/mol. The van der Waals surface area contributed by atoms with Crippen LogP contribution in [0.5, 0.6) is 0 Å². The van der Waals surface area contributed by atoms with E-state index in [2.05, 4.69) is 5.10 Å². The molecule has 0 N–H and O–H groups in total. The van der Waals surface area contributed by atoms with Crippen molar-refractivity contribution in [1.82, 2.24) is 14.1 Å². The molecule has 0 unspecified atom stereocenters. The van der Waals surface area contributed by atoms with Gasteiger partial charge in [-0.2, -0.15) is 9.40 Å². The molecule has 0 radical (unpaired) electrons. The van der Waals surface area contributed by atoms with Gasteiger partial charge in [0.1, 0.15) is 17.3 Å². The molecule has 0 atom stereocenters. The Hall–Kier alpha value is -2.60. The maximum Gasteiger partial charge on any atom is 0.334 e. The Labute approximate surface area is 160 Å². The van der Waals surface area contributed by atoms with Crippen molar-refractivity contribution in [1.29, 1.82) is 0 Å². The topological polar surface area (TPSA) is 102 Å². The average molecular weight is 415 g/mol. The van der Waals surface area contributed by atoms with Crippen LogP contribution in [0.25, 0.3) is 0 Å². The summed E-state index contributed by atoms with van der Waals surface area (Å²) in [6.45, 7) is 1.87. The number of piperazine rings is 1. The molecule has 2 aromatic rings. The van der Waals surface area contributed by atoms with Gasteiger partial charge in [0.2, 0.25) is 15.8 Å². The molecule has 12 heteroatoms. The summed E-state index contributed by atoms with van der Waals surface area (Å²) in [5.74, 6) is -2.02. The number of halogens is 2. The van der Waals surface area contributed by atoms with Crippen LogP contribution < -0.4 is 4.90 Å². The molecule has 0 aliphatic carbocycles. The average Bonchev–Trinajstić information content (AvgIpc) is 2.98. The van der Waals surface area contributed by atoms with E-state index in [1.54, 1.807) is 18.9 Å². The summed E-state index contributed by atoms with van der Waals surface area (Å²) in [6.07, 6.45) is 0.380. The Morgan fingerprint density at radius 1 is 1.18 bits per heavy atom. The lowest BCUT2D eigenvalue weighted by atomic mass is 10.2. The first-order valence-electron chi connectivity index (χ1n) is 8.57. The fourth-order valence-electron chi connectivity index (χ4n) is 3.34. The fourth-order valence-corrected chi connectivity index (χ4v) is 4.87. The van der Waals surface area contributed by atoms with Gasteiger partial charge in [-0.1, -0.05) is 13.0 Å². The molecule has 9 nitrogen and oxygen atoms in total. The summed E-state index contributed by atoms with van der Waals surface area (Å²) in [6, 6.07) is 2.86. The Morgan fingerprint density at radius 2 is 1.75 bits per heavy atom. The molecule has 1 aliphatic heterocycles.